The van der Waals surface area contributed by atoms with Crippen LogP contribution in [0.15, 0.2) is 22.7 Å². The summed E-state index contributed by atoms with van der Waals surface area (Å²) in [5.41, 5.74) is -0.120. The number of benzene rings is 1. The Morgan fingerprint density at radius 1 is 1.28 bits per heavy atom. The Hall–Kier alpha value is -0.450. The van der Waals surface area contributed by atoms with Gasteiger partial charge in [0.25, 0.3) is 0 Å². The van der Waals surface area contributed by atoms with Crippen LogP contribution in [0.3, 0.4) is 0 Å². The third-order valence-electron chi connectivity index (χ3n) is 3.09. The summed E-state index contributed by atoms with van der Waals surface area (Å²) in [6.07, 6.45) is 1.01. The van der Waals surface area contributed by atoms with Crippen LogP contribution in [0.25, 0.3) is 0 Å². The molecule has 0 unspecified atom stereocenters. The van der Waals surface area contributed by atoms with E-state index in [2.05, 4.69) is 15.9 Å². The lowest BCUT2D eigenvalue weighted by molar-refractivity contribution is 0.0363. The van der Waals surface area contributed by atoms with Crippen molar-refractivity contribution in [3.8, 4) is 0 Å². The summed E-state index contributed by atoms with van der Waals surface area (Å²) >= 11 is 3.21. The molecule has 18 heavy (non-hydrogen) atoms. The van der Waals surface area contributed by atoms with Crippen LogP contribution in [0.5, 0.6) is 0 Å². The number of rotatable bonds is 6. The largest absolute Gasteiger partial charge is 0.396 e. The summed E-state index contributed by atoms with van der Waals surface area (Å²) in [5, 5.41) is 19.1. The molecule has 0 saturated carbocycles. The average molecular weight is 319 g/mol. The fourth-order valence-corrected chi connectivity index (χ4v) is 2.63. The molecule has 102 valence electrons. The van der Waals surface area contributed by atoms with E-state index in [4.69, 9.17) is 0 Å². The van der Waals surface area contributed by atoms with Gasteiger partial charge < -0.3 is 10.2 Å². The van der Waals surface area contributed by atoms with Gasteiger partial charge in [0.1, 0.15) is 5.82 Å². The number of hydrogen-bond acceptors (Lipinski definition) is 2. The highest BCUT2D eigenvalue weighted by Gasteiger charge is 2.31. The number of halogens is 2. The van der Waals surface area contributed by atoms with E-state index in [1.807, 2.05) is 13.8 Å². The molecule has 0 aliphatic heterocycles. The Bertz CT molecular complexity index is 389. The van der Waals surface area contributed by atoms with Crippen molar-refractivity contribution in [1.29, 1.82) is 0 Å². The second kappa shape index (κ2) is 6.64. The minimum absolute atomic E-state index is 0.142. The van der Waals surface area contributed by atoms with Crippen molar-refractivity contribution in [1.82, 2.24) is 0 Å². The Morgan fingerprint density at radius 3 is 2.33 bits per heavy atom. The van der Waals surface area contributed by atoms with Gasteiger partial charge in [-0.2, -0.15) is 0 Å². The smallest absolute Gasteiger partial charge is 0.127 e. The maximum Gasteiger partial charge on any atom is 0.127 e. The van der Waals surface area contributed by atoms with E-state index < -0.39 is 5.41 Å². The Morgan fingerprint density at radius 2 is 1.89 bits per heavy atom. The summed E-state index contributed by atoms with van der Waals surface area (Å²) in [6, 6.07) is 4.87. The fourth-order valence-electron chi connectivity index (χ4n) is 2.30. The minimum Gasteiger partial charge on any atom is -0.396 e. The summed E-state index contributed by atoms with van der Waals surface area (Å²) in [5.74, 6) is 0.0298. The second-order valence-corrected chi connectivity index (χ2v) is 6.24. The number of hydrogen-bond donors (Lipinski definition) is 2. The third kappa shape index (κ3) is 4.04. The van der Waals surface area contributed by atoms with E-state index in [9.17, 15) is 14.6 Å². The topological polar surface area (TPSA) is 40.5 Å². The maximum atomic E-state index is 13.8. The molecule has 0 radical (unpaired) electrons. The third-order valence-corrected chi connectivity index (χ3v) is 3.59. The van der Waals surface area contributed by atoms with E-state index in [1.54, 1.807) is 12.1 Å². The molecule has 0 bridgehead atoms. The highest BCUT2D eigenvalue weighted by Crippen LogP contribution is 2.31. The molecule has 1 aromatic rings. The van der Waals surface area contributed by atoms with Gasteiger partial charge in [-0.25, -0.2) is 4.39 Å². The molecular formula is C14H20BrFO2. The molecule has 4 heteroatoms. The van der Waals surface area contributed by atoms with E-state index >= 15 is 0 Å². The maximum absolute atomic E-state index is 13.8. The lowest BCUT2D eigenvalue weighted by Gasteiger charge is -2.31. The first-order valence-electron chi connectivity index (χ1n) is 6.08. The van der Waals surface area contributed by atoms with Crippen LogP contribution in [0.2, 0.25) is 0 Å². The highest BCUT2D eigenvalue weighted by atomic mass is 79.9. The van der Waals surface area contributed by atoms with Gasteiger partial charge in [0.05, 0.1) is 13.2 Å². The van der Waals surface area contributed by atoms with E-state index in [0.29, 0.717) is 28.8 Å². The molecule has 0 saturated heterocycles. The van der Waals surface area contributed by atoms with Gasteiger partial charge in [0.2, 0.25) is 0 Å². The van der Waals surface area contributed by atoms with Gasteiger partial charge in [0.15, 0.2) is 0 Å². The van der Waals surface area contributed by atoms with E-state index in [0.717, 1.165) is 0 Å². The van der Waals surface area contributed by atoms with Crippen LogP contribution < -0.4 is 0 Å². The molecule has 1 rings (SSSR count). The fraction of sp³-hybridized carbons (Fsp3) is 0.571. The van der Waals surface area contributed by atoms with Gasteiger partial charge in [-0.05, 0) is 36.5 Å². The molecule has 0 atom stereocenters. The van der Waals surface area contributed by atoms with Crippen LogP contribution >= 0.6 is 15.9 Å². The van der Waals surface area contributed by atoms with E-state index in [-0.39, 0.29) is 19.0 Å². The molecule has 2 N–H and O–H groups in total. The Balaban J connectivity index is 2.95. The SMILES string of the molecule is CC(C)CC(CO)(CO)Cc1ccc(Br)cc1F. The summed E-state index contributed by atoms with van der Waals surface area (Å²) in [6.45, 7) is 3.77. The summed E-state index contributed by atoms with van der Waals surface area (Å²) in [4.78, 5) is 0. The molecule has 0 aromatic heterocycles. The van der Waals surface area contributed by atoms with Gasteiger partial charge in [-0.15, -0.1) is 0 Å². The summed E-state index contributed by atoms with van der Waals surface area (Å²) < 4.78 is 14.5. The normalized spacial score (nSPS) is 12.2. The van der Waals surface area contributed by atoms with Gasteiger partial charge >= 0.3 is 0 Å². The van der Waals surface area contributed by atoms with Crippen molar-refractivity contribution < 1.29 is 14.6 Å². The molecule has 2 nitrogen and oxygen atoms in total. The Kier molecular flexibility index (Phi) is 5.76. The average Bonchev–Trinajstić information content (AvgIpc) is 2.31. The standard InChI is InChI=1S/C14H20BrFO2/c1-10(2)6-14(8-17,9-18)7-11-3-4-12(15)5-13(11)16/h3-5,10,17-18H,6-9H2,1-2H3. The first kappa shape index (κ1) is 15.6. The molecule has 0 heterocycles. The summed E-state index contributed by atoms with van der Waals surface area (Å²) in [7, 11) is 0. The van der Waals surface area contributed by atoms with Gasteiger partial charge in [0, 0.05) is 9.89 Å². The molecular weight excluding hydrogens is 299 g/mol. The monoisotopic (exact) mass is 318 g/mol. The van der Waals surface area contributed by atoms with Crippen molar-refractivity contribution in [2.45, 2.75) is 26.7 Å². The lowest BCUT2D eigenvalue weighted by Crippen LogP contribution is -2.34. The predicted octanol–water partition coefficient (Wildman–Crippen LogP) is 3.15. The lowest BCUT2D eigenvalue weighted by atomic mass is 9.76. The first-order chi connectivity index (χ1) is 8.42. The van der Waals surface area contributed by atoms with Crippen LogP contribution in [-0.4, -0.2) is 23.4 Å². The molecule has 1 aromatic carbocycles. The Labute approximate surface area is 116 Å². The van der Waals surface area contributed by atoms with Crippen molar-refractivity contribution in [2.75, 3.05) is 13.2 Å². The van der Waals surface area contributed by atoms with Gasteiger partial charge in [-0.1, -0.05) is 35.8 Å². The van der Waals surface area contributed by atoms with Crippen LogP contribution in [0.4, 0.5) is 4.39 Å². The second-order valence-electron chi connectivity index (χ2n) is 5.33. The zero-order valence-electron chi connectivity index (χ0n) is 10.8. The zero-order chi connectivity index (χ0) is 13.8. The number of aliphatic hydroxyl groups excluding tert-OH is 2. The highest BCUT2D eigenvalue weighted by molar-refractivity contribution is 9.10. The predicted molar refractivity (Wildman–Crippen MR) is 73.9 cm³/mol. The molecule has 0 aliphatic carbocycles. The van der Waals surface area contributed by atoms with Crippen LogP contribution in [0.1, 0.15) is 25.8 Å². The minimum atomic E-state index is -0.650. The zero-order valence-corrected chi connectivity index (χ0v) is 12.4. The van der Waals surface area contributed by atoms with Crippen molar-refractivity contribution in [3.63, 3.8) is 0 Å². The van der Waals surface area contributed by atoms with Crippen LogP contribution in [-0.2, 0) is 6.42 Å². The van der Waals surface area contributed by atoms with E-state index in [1.165, 1.54) is 6.07 Å². The molecule has 0 aliphatic rings. The number of aliphatic hydroxyl groups is 2. The van der Waals surface area contributed by atoms with Crippen molar-refractivity contribution in [2.24, 2.45) is 11.3 Å². The molecule has 0 fully saturated rings. The van der Waals surface area contributed by atoms with Crippen molar-refractivity contribution >= 4 is 15.9 Å². The van der Waals surface area contributed by atoms with Crippen molar-refractivity contribution in [3.05, 3.63) is 34.1 Å². The first-order valence-corrected chi connectivity index (χ1v) is 6.87. The molecule has 0 spiro atoms. The van der Waals surface area contributed by atoms with Crippen LogP contribution in [0, 0.1) is 17.2 Å². The quantitative estimate of drug-likeness (QED) is 0.846. The van der Waals surface area contributed by atoms with Gasteiger partial charge in [-0.3, -0.25) is 0 Å². The molecule has 0 amide bonds.